The SMILES string of the molecule is CCCCCCCC(=O)NC(/C(N)=N/O)c1ccccc1. The number of rotatable bonds is 9. The molecule has 0 fully saturated rings. The topological polar surface area (TPSA) is 87.7 Å². The van der Waals surface area contributed by atoms with Gasteiger partial charge in [0, 0.05) is 6.42 Å². The number of carbonyl (C=O) groups is 1. The van der Waals surface area contributed by atoms with Crippen LogP contribution in [0.1, 0.15) is 57.1 Å². The minimum atomic E-state index is -0.584. The molecular formula is C16H25N3O2. The molecule has 0 saturated heterocycles. The van der Waals surface area contributed by atoms with Crippen LogP contribution in [-0.4, -0.2) is 17.0 Å². The first-order valence-corrected chi connectivity index (χ1v) is 7.50. The summed E-state index contributed by atoms with van der Waals surface area (Å²) < 4.78 is 0. The fraction of sp³-hybridized carbons (Fsp3) is 0.500. The zero-order chi connectivity index (χ0) is 15.5. The molecule has 1 amide bonds. The van der Waals surface area contributed by atoms with Crippen LogP contribution in [0, 0.1) is 0 Å². The number of unbranched alkanes of at least 4 members (excludes halogenated alkanes) is 4. The summed E-state index contributed by atoms with van der Waals surface area (Å²) >= 11 is 0. The number of nitrogens with zero attached hydrogens (tertiary/aromatic N) is 1. The molecular weight excluding hydrogens is 266 g/mol. The molecule has 0 aliphatic carbocycles. The molecule has 4 N–H and O–H groups in total. The predicted molar refractivity (Wildman–Crippen MR) is 84.1 cm³/mol. The molecule has 21 heavy (non-hydrogen) atoms. The summed E-state index contributed by atoms with van der Waals surface area (Å²) in [6.45, 7) is 2.16. The molecule has 1 unspecified atom stereocenters. The summed E-state index contributed by atoms with van der Waals surface area (Å²) in [5.41, 5.74) is 6.48. The Labute approximate surface area is 126 Å². The summed E-state index contributed by atoms with van der Waals surface area (Å²) in [6.07, 6.45) is 5.94. The van der Waals surface area contributed by atoms with Gasteiger partial charge in [0.05, 0.1) is 0 Å². The minimum Gasteiger partial charge on any atom is -0.409 e. The number of amides is 1. The van der Waals surface area contributed by atoms with E-state index in [1.54, 1.807) is 0 Å². The Bertz CT molecular complexity index is 446. The first-order chi connectivity index (χ1) is 10.2. The third-order valence-electron chi connectivity index (χ3n) is 3.36. The second kappa shape index (κ2) is 9.80. The van der Waals surface area contributed by atoms with Gasteiger partial charge in [-0.2, -0.15) is 0 Å². The largest absolute Gasteiger partial charge is 0.409 e. The zero-order valence-corrected chi connectivity index (χ0v) is 12.6. The Morgan fingerprint density at radius 3 is 2.52 bits per heavy atom. The first kappa shape index (κ1) is 17.0. The Balaban J connectivity index is 2.52. The predicted octanol–water partition coefficient (Wildman–Crippen LogP) is 2.95. The smallest absolute Gasteiger partial charge is 0.220 e. The Kier molecular flexibility index (Phi) is 7.94. The van der Waals surface area contributed by atoms with Gasteiger partial charge in [-0.1, -0.05) is 68.1 Å². The van der Waals surface area contributed by atoms with E-state index in [9.17, 15) is 4.79 Å². The number of oxime groups is 1. The number of amidine groups is 1. The van der Waals surface area contributed by atoms with Gasteiger partial charge >= 0.3 is 0 Å². The molecule has 5 nitrogen and oxygen atoms in total. The van der Waals surface area contributed by atoms with E-state index < -0.39 is 6.04 Å². The average Bonchev–Trinajstić information content (AvgIpc) is 2.52. The van der Waals surface area contributed by atoms with Crippen molar-refractivity contribution in [2.45, 2.75) is 51.5 Å². The van der Waals surface area contributed by atoms with E-state index in [4.69, 9.17) is 10.9 Å². The standard InChI is InChI=1S/C16H25N3O2/c1-2-3-4-5-9-12-14(20)18-15(16(17)19-21)13-10-7-6-8-11-13/h6-8,10-11,15,21H,2-5,9,12H2,1H3,(H2,17,19)(H,18,20). The molecule has 0 aromatic heterocycles. The van der Waals surface area contributed by atoms with E-state index in [-0.39, 0.29) is 11.7 Å². The third kappa shape index (κ3) is 6.29. The van der Waals surface area contributed by atoms with Crippen molar-refractivity contribution >= 4 is 11.7 Å². The number of hydrogen-bond donors (Lipinski definition) is 3. The molecule has 1 aromatic rings. The van der Waals surface area contributed by atoms with E-state index >= 15 is 0 Å². The molecule has 1 rings (SSSR count). The third-order valence-corrected chi connectivity index (χ3v) is 3.36. The van der Waals surface area contributed by atoms with Gasteiger partial charge in [0.2, 0.25) is 5.91 Å². The van der Waals surface area contributed by atoms with Gasteiger partial charge in [-0.3, -0.25) is 4.79 Å². The average molecular weight is 291 g/mol. The van der Waals surface area contributed by atoms with Crippen LogP contribution in [0.2, 0.25) is 0 Å². The molecule has 116 valence electrons. The van der Waals surface area contributed by atoms with Gasteiger partial charge in [0.25, 0.3) is 0 Å². The van der Waals surface area contributed by atoms with E-state index in [2.05, 4.69) is 17.4 Å². The van der Waals surface area contributed by atoms with Crippen molar-refractivity contribution in [3.8, 4) is 0 Å². The molecule has 0 aliphatic rings. The van der Waals surface area contributed by atoms with Crippen molar-refractivity contribution in [3.63, 3.8) is 0 Å². The van der Waals surface area contributed by atoms with Crippen LogP contribution in [0.3, 0.4) is 0 Å². The molecule has 5 heteroatoms. The maximum absolute atomic E-state index is 12.0. The highest BCUT2D eigenvalue weighted by Crippen LogP contribution is 2.13. The highest BCUT2D eigenvalue weighted by atomic mass is 16.4. The molecule has 1 aromatic carbocycles. The molecule has 0 heterocycles. The van der Waals surface area contributed by atoms with Gasteiger partial charge in [0.1, 0.15) is 6.04 Å². The molecule has 0 bridgehead atoms. The van der Waals surface area contributed by atoms with Crippen molar-refractivity contribution in [2.75, 3.05) is 0 Å². The molecule has 0 saturated carbocycles. The van der Waals surface area contributed by atoms with E-state index in [0.717, 1.165) is 24.8 Å². The van der Waals surface area contributed by atoms with Crippen molar-refractivity contribution in [2.24, 2.45) is 10.9 Å². The van der Waals surface area contributed by atoms with Crippen LogP contribution in [0.5, 0.6) is 0 Å². The lowest BCUT2D eigenvalue weighted by Gasteiger charge is -2.17. The highest BCUT2D eigenvalue weighted by Gasteiger charge is 2.18. The fourth-order valence-corrected chi connectivity index (χ4v) is 2.15. The lowest BCUT2D eigenvalue weighted by molar-refractivity contribution is -0.121. The summed E-state index contributed by atoms with van der Waals surface area (Å²) in [4.78, 5) is 12.0. The second-order valence-electron chi connectivity index (χ2n) is 5.10. The van der Waals surface area contributed by atoms with Crippen molar-refractivity contribution in [3.05, 3.63) is 35.9 Å². The maximum Gasteiger partial charge on any atom is 0.220 e. The lowest BCUT2D eigenvalue weighted by atomic mass is 10.1. The van der Waals surface area contributed by atoms with Crippen molar-refractivity contribution in [1.82, 2.24) is 5.32 Å². The summed E-state index contributed by atoms with van der Waals surface area (Å²) in [5, 5.41) is 14.7. The second-order valence-corrected chi connectivity index (χ2v) is 5.10. The van der Waals surface area contributed by atoms with Gasteiger partial charge in [0.15, 0.2) is 5.84 Å². The number of nitrogens with one attached hydrogen (secondary N) is 1. The van der Waals surface area contributed by atoms with Crippen LogP contribution in [-0.2, 0) is 4.79 Å². The number of nitrogens with two attached hydrogens (primary N) is 1. The van der Waals surface area contributed by atoms with E-state index in [0.29, 0.717) is 6.42 Å². The van der Waals surface area contributed by atoms with Crippen LogP contribution < -0.4 is 11.1 Å². The van der Waals surface area contributed by atoms with Gasteiger partial charge in [-0.05, 0) is 12.0 Å². The van der Waals surface area contributed by atoms with Crippen LogP contribution in [0.25, 0.3) is 0 Å². The van der Waals surface area contributed by atoms with Crippen LogP contribution >= 0.6 is 0 Å². The fourth-order valence-electron chi connectivity index (χ4n) is 2.15. The molecule has 0 aliphatic heterocycles. The number of carbonyl (C=O) groups excluding carboxylic acids is 1. The highest BCUT2D eigenvalue weighted by molar-refractivity contribution is 5.90. The summed E-state index contributed by atoms with van der Waals surface area (Å²) in [5.74, 6) is -0.0903. The maximum atomic E-state index is 12.0. The monoisotopic (exact) mass is 291 g/mol. The van der Waals surface area contributed by atoms with Crippen LogP contribution in [0.4, 0.5) is 0 Å². The summed E-state index contributed by atoms with van der Waals surface area (Å²) in [6, 6.07) is 8.67. The van der Waals surface area contributed by atoms with Crippen molar-refractivity contribution < 1.29 is 10.0 Å². The van der Waals surface area contributed by atoms with Crippen LogP contribution in [0.15, 0.2) is 35.5 Å². The Morgan fingerprint density at radius 1 is 1.24 bits per heavy atom. The first-order valence-electron chi connectivity index (χ1n) is 7.50. The number of benzene rings is 1. The molecule has 1 atom stereocenters. The lowest BCUT2D eigenvalue weighted by Crippen LogP contribution is -2.37. The van der Waals surface area contributed by atoms with E-state index in [1.807, 2.05) is 30.3 Å². The van der Waals surface area contributed by atoms with Gasteiger partial charge in [-0.25, -0.2) is 0 Å². The quantitative estimate of drug-likeness (QED) is 0.215. The Hall–Kier alpha value is -2.04. The van der Waals surface area contributed by atoms with Crippen molar-refractivity contribution in [1.29, 1.82) is 0 Å². The minimum absolute atomic E-state index is 0.0134. The van der Waals surface area contributed by atoms with Gasteiger partial charge in [-0.15, -0.1) is 0 Å². The summed E-state index contributed by atoms with van der Waals surface area (Å²) in [7, 11) is 0. The molecule has 0 spiro atoms. The molecule has 0 radical (unpaired) electrons. The number of hydrogen-bond acceptors (Lipinski definition) is 3. The van der Waals surface area contributed by atoms with E-state index in [1.165, 1.54) is 12.8 Å². The zero-order valence-electron chi connectivity index (χ0n) is 12.6. The van der Waals surface area contributed by atoms with Gasteiger partial charge < -0.3 is 16.3 Å². The Morgan fingerprint density at radius 2 is 1.90 bits per heavy atom. The normalized spacial score (nSPS) is 12.9.